The molecule has 3 heteroatoms. The smallest absolute Gasteiger partial charge is 0.235 e. The normalized spacial score (nSPS) is 16.9. The lowest BCUT2D eigenvalue weighted by atomic mass is 9.88. The maximum absolute atomic E-state index is 10.1. The SMILES string of the molecule is CN1CC(c2ccccc2CN=C=O)C1. The molecule has 0 unspecified atom stereocenters. The number of benzene rings is 1. The number of likely N-dealkylation sites (N-methyl/N-ethyl adjacent to an activating group) is 1. The summed E-state index contributed by atoms with van der Waals surface area (Å²) in [5, 5.41) is 0. The van der Waals surface area contributed by atoms with Gasteiger partial charge in [0.25, 0.3) is 0 Å². The minimum Gasteiger partial charge on any atom is -0.305 e. The van der Waals surface area contributed by atoms with Crippen LogP contribution in [0.5, 0.6) is 0 Å². The molecule has 0 spiro atoms. The summed E-state index contributed by atoms with van der Waals surface area (Å²) in [6.07, 6.45) is 1.59. The van der Waals surface area contributed by atoms with Crippen LogP contribution in [0.25, 0.3) is 0 Å². The highest BCUT2D eigenvalue weighted by Crippen LogP contribution is 2.28. The number of likely N-dealkylation sites (tertiary alicyclic amines) is 1. The summed E-state index contributed by atoms with van der Waals surface area (Å²) in [7, 11) is 2.11. The van der Waals surface area contributed by atoms with Crippen molar-refractivity contribution >= 4 is 6.08 Å². The first-order valence-electron chi connectivity index (χ1n) is 5.11. The lowest BCUT2D eigenvalue weighted by molar-refractivity contribution is 0.189. The molecule has 0 radical (unpaired) electrons. The lowest BCUT2D eigenvalue weighted by Crippen LogP contribution is -2.42. The molecule has 0 bridgehead atoms. The molecule has 15 heavy (non-hydrogen) atoms. The van der Waals surface area contributed by atoms with Gasteiger partial charge in [0.15, 0.2) is 0 Å². The zero-order chi connectivity index (χ0) is 10.7. The van der Waals surface area contributed by atoms with Crippen molar-refractivity contribution in [3.8, 4) is 0 Å². The number of hydrogen-bond acceptors (Lipinski definition) is 3. The van der Waals surface area contributed by atoms with Gasteiger partial charge >= 0.3 is 0 Å². The van der Waals surface area contributed by atoms with Crippen LogP contribution in [0.4, 0.5) is 0 Å². The molecule has 1 aromatic rings. The molecular weight excluding hydrogens is 188 g/mol. The number of carbonyl (C=O) groups excluding carboxylic acids is 1. The summed E-state index contributed by atoms with van der Waals surface area (Å²) in [5.41, 5.74) is 2.48. The molecule has 1 aliphatic rings. The molecule has 0 atom stereocenters. The van der Waals surface area contributed by atoms with Crippen LogP contribution in [0.1, 0.15) is 17.0 Å². The van der Waals surface area contributed by atoms with Gasteiger partial charge in [-0.1, -0.05) is 24.3 Å². The van der Waals surface area contributed by atoms with E-state index in [0.29, 0.717) is 12.5 Å². The van der Waals surface area contributed by atoms with Gasteiger partial charge in [-0.05, 0) is 18.2 Å². The maximum atomic E-state index is 10.1. The zero-order valence-corrected chi connectivity index (χ0v) is 8.81. The van der Waals surface area contributed by atoms with Crippen molar-refractivity contribution in [1.29, 1.82) is 0 Å². The molecule has 0 N–H and O–H groups in total. The van der Waals surface area contributed by atoms with Crippen molar-refractivity contribution in [3.05, 3.63) is 35.4 Å². The van der Waals surface area contributed by atoms with E-state index in [2.05, 4.69) is 23.0 Å². The van der Waals surface area contributed by atoms with Gasteiger partial charge in [0.1, 0.15) is 0 Å². The van der Waals surface area contributed by atoms with E-state index in [0.717, 1.165) is 18.7 Å². The van der Waals surface area contributed by atoms with Gasteiger partial charge in [0.05, 0.1) is 6.54 Å². The Hall–Kier alpha value is -1.44. The molecule has 1 fully saturated rings. The number of rotatable bonds is 3. The highest BCUT2D eigenvalue weighted by molar-refractivity contribution is 5.37. The second kappa shape index (κ2) is 4.39. The van der Waals surface area contributed by atoms with Gasteiger partial charge < -0.3 is 4.90 Å². The minimum absolute atomic E-state index is 0.458. The number of nitrogens with zero attached hydrogens (tertiary/aromatic N) is 2. The molecule has 1 aromatic carbocycles. The van der Waals surface area contributed by atoms with Crippen molar-refractivity contribution in [3.63, 3.8) is 0 Å². The summed E-state index contributed by atoms with van der Waals surface area (Å²) < 4.78 is 0. The van der Waals surface area contributed by atoms with Crippen LogP contribution in [0.3, 0.4) is 0 Å². The number of aliphatic imine (C=N–C) groups is 1. The first kappa shape index (κ1) is 10.1. The van der Waals surface area contributed by atoms with Gasteiger partial charge in [-0.25, -0.2) is 9.79 Å². The third kappa shape index (κ3) is 2.14. The van der Waals surface area contributed by atoms with Gasteiger partial charge in [-0.3, -0.25) is 0 Å². The molecule has 0 amide bonds. The Labute approximate surface area is 89.4 Å². The molecule has 78 valence electrons. The van der Waals surface area contributed by atoms with E-state index in [1.54, 1.807) is 6.08 Å². The maximum Gasteiger partial charge on any atom is 0.235 e. The Morgan fingerprint density at radius 1 is 1.47 bits per heavy atom. The average molecular weight is 202 g/mol. The molecule has 2 rings (SSSR count). The van der Waals surface area contributed by atoms with Gasteiger partial charge in [-0.15, -0.1) is 0 Å². The first-order chi connectivity index (χ1) is 7.31. The molecule has 1 saturated heterocycles. The monoisotopic (exact) mass is 202 g/mol. The predicted octanol–water partition coefficient (Wildman–Crippen LogP) is 1.55. The Kier molecular flexibility index (Phi) is 2.95. The quantitative estimate of drug-likeness (QED) is 0.550. The highest BCUT2D eigenvalue weighted by Gasteiger charge is 2.26. The van der Waals surface area contributed by atoms with Crippen LogP contribution < -0.4 is 0 Å². The molecular formula is C12H14N2O. The van der Waals surface area contributed by atoms with E-state index in [-0.39, 0.29) is 0 Å². The topological polar surface area (TPSA) is 32.7 Å². The lowest BCUT2D eigenvalue weighted by Gasteiger charge is -2.37. The summed E-state index contributed by atoms with van der Waals surface area (Å²) in [5.74, 6) is 0.605. The van der Waals surface area contributed by atoms with Gasteiger partial charge in [0.2, 0.25) is 6.08 Å². The van der Waals surface area contributed by atoms with Crippen LogP contribution in [-0.2, 0) is 11.3 Å². The Balaban J connectivity index is 2.18. The fourth-order valence-corrected chi connectivity index (χ4v) is 2.09. The van der Waals surface area contributed by atoms with E-state index in [1.165, 1.54) is 5.56 Å². The van der Waals surface area contributed by atoms with Crippen molar-refractivity contribution in [2.75, 3.05) is 20.1 Å². The van der Waals surface area contributed by atoms with Crippen LogP contribution in [0.15, 0.2) is 29.3 Å². The second-order valence-electron chi connectivity index (χ2n) is 4.02. The summed E-state index contributed by atoms with van der Waals surface area (Å²) in [4.78, 5) is 16.0. The van der Waals surface area contributed by atoms with Crippen molar-refractivity contribution in [2.24, 2.45) is 4.99 Å². The summed E-state index contributed by atoms with van der Waals surface area (Å²) >= 11 is 0. The third-order valence-electron chi connectivity index (χ3n) is 2.87. The summed E-state index contributed by atoms with van der Waals surface area (Å²) in [6, 6.07) is 8.20. The molecule has 1 aliphatic heterocycles. The van der Waals surface area contributed by atoms with E-state index in [1.807, 2.05) is 18.2 Å². The van der Waals surface area contributed by atoms with Gasteiger partial charge in [-0.2, -0.15) is 0 Å². The van der Waals surface area contributed by atoms with E-state index in [9.17, 15) is 4.79 Å². The molecule has 0 aromatic heterocycles. The van der Waals surface area contributed by atoms with Crippen molar-refractivity contribution in [2.45, 2.75) is 12.5 Å². The Bertz CT molecular complexity index is 390. The molecule has 0 aliphatic carbocycles. The average Bonchev–Trinajstić information content (AvgIpc) is 2.23. The number of isocyanates is 1. The fraction of sp³-hybridized carbons (Fsp3) is 0.417. The van der Waals surface area contributed by atoms with Crippen LogP contribution in [0.2, 0.25) is 0 Å². The third-order valence-corrected chi connectivity index (χ3v) is 2.87. The molecule has 3 nitrogen and oxygen atoms in total. The van der Waals surface area contributed by atoms with E-state index < -0.39 is 0 Å². The number of hydrogen-bond donors (Lipinski definition) is 0. The second-order valence-corrected chi connectivity index (χ2v) is 4.02. The van der Waals surface area contributed by atoms with E-state index >= 15 is 0 Å². The van der Waals surface area contributed by atoms with Crippen LogP contribution in [-0.4, -0.2) is 31.1 Å². The highest BCUT2D eigenvalue weighted by atomic mass is 16.1. The van der Waals surface area contributed by atoms with E-state index in [4.69, 9.17) is 0 Å². The minimum atomic E-state index is 0.458. The van der Waals surface area contributed by atoms with Crippen LogP contribution in [0, 0.1) is 0 Å². The standard InChI is InChI=1S/C12H14N2O/c1-14-7-11(8-14)12-5-3-2-4-10(12)6-13-9-15/h2-5,11H,6-8H2,1H3. The first-order valence-corrected chi connectivity index (χ1v) is 5.11. The van der Waals surface area contributed by atoms with Crippen molar-refractivity contribution < 1.29 is 4.79 Å². The Morgan fingerprint density at radius 2 is 2.20 bits per heavy atom. The molecule has 0 saturated carbocycles. The van der Waals surface area contributed by atoms with Crippen LogP contribution >= 0.6 is 0 Å². The predicted molar refractivity (Wildman–Crippen MR) is 58.5 cm³/mol. The Morgan fingerprint density at radius 3 is 2.87 bits per heavy atom. The van der Waals surface area contributed by atoms with Gasteiger partial charge in [0, 0.05) is 19.0 Å². The zero-order valence-electron chi connectivity index (χ0n) is 8.81. The summed E-state index contributed by atoms with van der Waals surface area (Å²) in [6.45, 7) is 2.66. The largest absolute Gasteiger partial charge is 0.305 e. The molecule has 1 heterocycles. The van der Waals surface area contributed by atoms with Crippen molar-refractivity contribution in [1.82, 2.24) is 4.90 Å². The fourth-order valence-electron chi connectivity index (χ4n) is 2.09.